The molecule has 0 unspecified atom stereocenters. The molecule has 1 aromatic carbocycles. The number of benzene rings is 1. The molecule has 1 nitrogen and oxygen atoms in total. The fraction of sp³-hybridized carbons (Fsp3) is 0.250. The Balaban J connectivity index is 2.20. The molecule has 0 saturated carbocycles. The molecule has 0 saturated heterocycles. The molecular formula is C12H10ClFO. The zero-order valence-electron chi connectivity index (χ0n) is 8.09. The molecule has 3 heteroatoms. The van der Waals surface area contributed by atoms with E-state index in [4.69, 9.17) is 11.6 Å². The zero-order valence-corrected chi connectivity index (χ0v) is 8.85. The average molecular weight is 225 g/mol. The summed E-state index contributed by atoms with van der Waals surface area (Å²) in [6.07, 6.45) is 3.39. The van der Waals surface area contributed by atoms with Crippen LogP contribution in [0.25, 0.3) is 0 Å². The summed E-state index contributed by atoms with van der Waals surface area (Å²) >= 11 is 5.78. The van der Waals surface area contributed by atoms with Gasteiger partial charge in [-0.25, -0.2) is 4.39 Å². The molecule has 0 bridgehead atoms. The fourth-order valence-corrected chi connectivity index (χ4v) is 1.91. The summed E-state index contributed by atoms with van der Waals surface area (Å²) in [4.78, 5) is 11.0. The van der Waals surface area contributed by atoms with E-state index in [1.54, 1.807) is 12.1 Å². The summed E-state index contributed by atoms with van der Waals surface area (Å²) in [6, 6.07) is 4.49. The highest BCUT2D eigenvalue weighted by molar-refractivity contribution is 6.30. The van der Waals surface area contributed by atoms with E-state index < -0.39 is 0 Å². The van der Waals surface area contributed by atoms with Crippen LogP contribution in [0.2, 0.25) is 5.02 Å². The fourth-order valence-electron chi connectivity index (χ4n) is 1.72. The van der Waals surface area contributed by atoms with Gasteiger partial charge in [-0.05, 0) is 42.7 Å². The summed E-state index contributed by atoms with van der Waals surface area (Å²) in [7, 11) is 0. The molecular weight excluding hydrogens is 215 g/mol. The van der Waals surface area contributed by atoms with Crippen molar-refractivity contribution in [1.82, 2.24) is 0 Å². The van der Waals surface area contributed by atoms with Crippen LogP contribution in [-0.2, 0) is 11.2 Å². The molecule has 2 rings (SSSR count). The molecule has 1 aliphatic rings. The van der Waals surface area contributed by atoms with Crippen LogP contribution in [0.5, 0.6) is 0 Å². The lowest BCUT2D eigenvalue weighted by molar-refractivity contribution is -0.114. The highest BCUT2D eigenvalue weighted by atomic mass is 35.5. The Labute approximate surface area is 92.6 Å². The smallest absolute Gasteiger partial charge is 0.155 e. The molecule has 0 spiro atoms. The van der Waals surface area contributed by atoms with Crippen LogP contribution in [0.4, 0.5) is 4.39 Å². The molecule has 1 aliphatic carbocycles. The summed E-state index contributed by atoms with van der Waals surface area (Å²) in [5.74, 6) is -0.132. The van der Waals surface area contributed by atoms with E-state index in [9.17, 15) is 9.18 Å². The Kier molecular flexibility index (Phi) is 2.87. The lowest BCUT2D eigenvalue weighted by Crippen LogP contribution is -1.92. The molecule has 15 heavy (non-hydrogen) atoms. The van der Waals surface area contributed by atoms with Crippen LogP contribution < -0.4 is 0 Å². The SMILES string of the molecule is O=C1C=C(Cc2cc(Cl)ccc2F)CC1. The van der Waals surface area contributed by atoms with Crippen molar-refractivity contribution in [3.8, 4) is 0 Å². The van der Waals surface area contributed by atoms with Gasteiger partial charge in [-0.2, -0.15) is 0 Å². The van der Waals surface area contributed by atoms with E-state index >= 15 is 0 Å². The van der Waals surface area contributed by atoms with Gasteiger partial charge in [-0.3, -0.25) is 4.79 Å². The van der Waals surface area contributed by atoms with Crippen molar-refractivity contribution in [3.05, 3.63) is 46.3 Å². The summed E-state index contributed by atoms with van der Waals surface area (Å²) < 4.78 is 13.3. The van der Waals surface area contributed by atoms with Gasteiger partial charge >= 0.3 is 0 Å². The average Bonchev–Trinajstić information content (AvgIpc) is 2.58. The maximum absolute atomic E-state index is 13.3. The van der Waals surface area contributed by atoms with E-state index in [2.05, 4.69) is 0 Å². The van der Waals surface area contributed by atoms with Crippen LogP contribution >= 0.6 is 11.6 Å². The predicted octanol–water partition coefficient (Wildman–Crippen LogP) is 3.31. The quantitative estimate of drug-likeness (QED) is 0.753. The minimum Gasteiger partial charge on any atom is -0.295 e. The molecule has 78 valence electrons. The van der Waals surface area contributed by atoms with Crippen molar-refractivity contribution < 1.29 is 9.18 Å². The van der Waals surface area contributed by atoms with Gasteiger partial charge in [0.25, 0.3) is 0 Å². The molecule has 1 aromatic rings. The Hall–Kier alpha value is -1.15. The molecule has 0 amide bonds. The third-order valence-electron chi connectivity index (χ3n) is 2.48. The number of hydrogen-bond donors (Lipinski definition) is 0. The Bertz CT molecular complexity index is 437. The lowest BCUT2D eigenvalue weighted by atomic mass is 10.0. The zero-order chi connectivity index (χ0) is 10.8. The molecule has 0 heterocycles. The standard InChI is InChI=1S/C12H10ClFO/c13-10-2-4-12(14)9(7-10)5-8-1-3-11(15)6-8/h2,4,6-7H,1,3,5H2. The van der Waals surface area contributed by atoms with E-state index in [0.717, 1.165) is 12.0 Å². The number of carbonyl (C=O) groups is 1. The first-order valence-electron chi connectivity index (χ1n) is 4.81. The topological polar surface area (TPSA) is 17.1 Å². The number of ketones is 1. The number of rotatable bonds is 2. The Morgan fingerprint density at radius 2 is 2.13 bits per heavy atom. The normalized spacial score (nSPS) is 15.6. The molecule has 0 atom stereocenters. The molecule has 0 aromatic heterocycles. The number of hydrogen-bond acceptors (Lipinski definition) is 1. The van der Waals surface area contributed by atoms with Gasteiger partial charge in [0.15, 0.2) is 5.78 Å². The molecule has 0 aliphatic heterocycles. The van der Waals surface area contributed by atoms with Gasteiger partial charge in [0.05, 0.1) is 0 Å². The van der Waals surface area contributed by atoms with Gasteiger partial charge in [-0.1, -0.05) is 17.2 Å². The maximum atomic E-state index is 13.3. The van der Waals surface area contributed by atoms with Gasteiger partial charge in [0, 0.05) is 11.4 Å². The first-order valence-corrected chi connectivity index (χ1v) is 5.19. The second-order valence-corrected chi connectivity index (χ2v) is 4.12. The second-order valence-electron chi connectivity index (χ2n) is 3.68. The van der Waals surface area contributed by atoms with Gasteiger partial charge in [0.1, 0.15) is 5.82 Å². The molecule has 0 N–H and O–H groups in total. The third-order valence-corrected chi connectivity index (χ3v) is 2.72. The Morgan fingerprint density at radius 3 is 2.80 bits per heavy atom. The summed E-state index contributed by atoms with van der Waals surface area (Å²) in [5, 5.41) is 0.524. The van der Waals surface area contributed by atoms with Crippen molar-refractivity contribution in [3.63, 3.8) is 0 Å². The minimum absolute atomic E-state index is 0.132. The molecule has 0 radical (unpaired) electrons. The van der Waals surface area contributed by atoms with Crippen molar-refractivity contribution in [1.29, 1.82) is 0 Å². The van der Waals surface area contributed by atoms with E-state index in [-0.39, 0.29) is 11.6 Å². The molecule has 0 fully saturated rings. The lowest BCUT2D eigenvalue weighted by Gasteiger charge is -2.04. The second kappa shape index (κ2) is 4.15. The predicted molar refractivity (Wildman–Crippen MR) is 57.4 cm³/mol. The minimum atomic E-state index is -0.264. The van der Waals surface area contributed by atoms with E-state index in [1.165, 1.54) is 12.1 Å². The summed E-state index contributed by atoms with van der Waals surface area (Å²) in [6.45, 7) is 0. The van der Waals surface area contributed by atoms with E-state index in [1.807, 2.05) is 0 Å². The first kappa shape index (κ1) is 10.4. The maximum Gasteiger partial charge on any atom is 0.155 e. The van der Waals surface area contributed by atoms with Gasteiger partial charge in [0.2, 0.25) is 0 Å². The van der Waals surface area contributed by atoms with Crippen LogP contribution in [-0.4, -0.2) is 5.78 Å². The van der Waals surface area contributed by atoms with Gasteiger partial charge in [-0.15, -0.1) is 0 Å². The highest BCUT2D eigenvalue weighted by Gasteiger charge is 2.13. The first-order chi connectivity index (χ1) is 7.15. The number of allylic oxidation sites excluding steroid dienone is 2. The van der Waals surface area contributed by atoms with Crippen LogP contribution in [0.15, 0.2) is 29.8 Å². The summed E-state index contributed by atoms with van der Waals surface area (Å²) in [5.41, 5.74) is 1.55. The number of carbonyl (C=O) groups excluding carboxylic acids is 1. The van der Waals surface area contributed by atoms with Gasteiger partial charge < -0.3 is 0 Å². The van der Waals surface area contributed by atoms with Crippen LogP contribution in [0.3, 0.4) is 0 Å². The van der Waals surface area contributed by atoms with Crippen molar-refractivity contribution in [2.24, 2.45) is 0 Å². The van der Waals surface area contributed by atoms with Crippen molar-refractivity contribution >= 4 is 17.4 Å². The van der Waals surface area contributed by atoms with Crippen LogP contribution in [0.1, 0.15) is 18.4 Å². The largest absolute Gasteiger partial charge is 0.295 e. The Morgan fingerprint density at radius 1 is 1.33 bits per heavy atom. The highest BCUT2D eigenvalue weighted by Crippen LogP contribution is 2.23. The van der Waals surface area contributed by atoms with Crippen molar-refractivity contribution in [2.75, 3.05) is 0 Å². The van der Waals surface area contributed by atoms with Crippen molar-refractivity contribution in [2.45, 2.75) is 19.3 Å². The third kappa shape index (κ3) is 2.45. The number of halogens is 2. The monoisotopic (exact) mass is 224 g/mol. The van der Waals surface area contributed by atoms with E-state index in [0.29, 0.717) is 23.4 Å². The van der Waals surface area contributed by atoms with Crippen LogP contribution in [0, 0.1) is 5.82 Å².